The third kappa shape index (κ3) is 1.65. The van der Waals surface area contributed by atoms with Crippen LogP contribution >= 0.6 is 15.9 Å². The maximum Gasteiger partial charge on any atom is 0.238 e. The third-order valence-electron chi connectivity index (χ3n) is 4.84. The predicted molar refractivity (Wildman–Crippen MR) is 84.9 cm³/mol. The number of fused-ring (bicyclic) bond motifs is 2. The molecule has 2 aliphatic rings. The average molecular weight is 344 g/mol. The highest BCUT2D eigenvalue weighted by molar-refractivity contribution is 9.10. The molecule has 21 heavy (non-hydrogen) atoms. The van der Waals surface area contributed by atoms with Crippen LogP contribution in [0.4, 0.5) is 5.69 Å². The van der Waals surface area contributed by atoms with Crippen molar-refractivity contribution in [3.8, 4) is 0 Å². The van der Waals surface area contributed by atoms with Crippen molar-refractivity contribution in [3.05, 3.63) is 40.9 Å². The number of amides is 2. The average Bonchev–Trinajstić information content (AvgIpc) is 2.89. The Hall–Kier alpha value is -1.68. The van der Waals surface area contributed by atoms with Gasteiger partial charge in [0.15, 0.2) is 0 Å². The SMILES string of the molecule is CC1(C)C2C(=O)N(c3ccc4cc(Br)ccc4c3)C(=O)C21. The molecule has 0 spiro atoms. The highest BCUT2D eigenvalue weighted by Gasteiger charge is 2.72. The lowest BCUT2D eigenvalue weighted by atomic mass is 10.0. The molecule has 0 radical (unpaired) electrons. The first-order valence-corrected chi connectivity index (χ1v) is 7.78. The van der Waals surface area contributed by atoms with Gasteiger partial charge in [0.2, 0.25) is 11.8 Å². The molecular weight excluding hydrogens is 330 g/mol. The Morgan fingerprint density at radius 3 is 2.19 bits per heavy atom. The monoisotopic (exact) mass is 343 g/mol. The van der Waals surface area contributed by atoms with E-state index in [-0.39, 0.29) is 29.1 Å². The van der Waals surface area contributed by atoms with E-state index in [4.69, 9.17) is 0 Å². The zero-order chi connectivity index (χ0) is 14.9. The molecule has 1 aliphatic carbocycles. The number of nitrogens with zero attached hydrogens (tertiary/aromatic N) is 1. The Morgan fingerprint density at radius 2 is 1.52 bits per heavy atom. The molecule has 3 nitrogen and oxygen atoms in total. The Morgan fingerprint density at radius 1 is 0.952 bits per heavy atom. The summed E-state index contributed by atoms with van der Waals surface area (Å²) in [6.45, 7) is 3.99. The number of piperidine rings is 1. The molecular formula is C17H14BrNO2. The molecule has 2 aromatic rings. The van der Waals surface area contributed by atoms with Crippen molar-refractivity contribution < 1.29 is 9.59 Å². The fourth-order valence-corrected chi connectivity index (χ4v) is 3.92. The van der Waals surface area contributed by atoms with Crippen molar-refractivity contribution in [2.45, 2.75) is 13.8 Å². The van der Waals surface area contributed by atoms with E-state index in [1.54, 1.807) is 0 Å². The van der Waals surface area contributed by atoms with Crippen LogP contribution in [0.1, 0.15) is 13.8 Å². The van der Waals surface area contributed by atoms with Crippen LogP contribution in [-0.2, 0) is 9.59 Å². The lowest BCUT2D eigenvalue weighted by molar-refractivity contribution is -0.125. The van der Waals surface area contributed by atoms with E-state index < -0.39 is 0 Å². The van der Waals surface area contributed by atoms with Gasteiger partial charge in [0.25, 0.3) is 0 Å². The van der Waals surface area contributed by atoms with Crippen LogP contribution in [0.3, 0.4) is 0 Å². The number of rotatable bonds is 1. The highest BCUT2D eigenvalue weighted by atomic mass is 79.9. The molecule has 2 aromatic carbocycles. The van der Waals surface area contributed by atoms with E-state index in [9.17, 15) is 9.59 Å². The Kier molecular flexibility index (Phi) is 2.45. The number of hydrogen-bond acceptors (Lipinski definition) is 2. The lowest BCUT2D eigenvalue weighted by Gasteiger charge is -2.20. The topological polar surface area (TPSA) is 37.4 Å². The van der Waals surface area contributed by atoms with Crippen LogP contribution in [-0.4, -0.2) is 11.8 Å². The van der Waals surface area contributed by atoms with Crippen LogP contribution < -0.4 is 4.90 Å². The zero-order valence-corrected chi connectivity index (χ0v) is 13.3. The van der Waals surface area contributed by atoms with Gasteiger partial charge in [-0.15, -0.1) is 0 Å². The van der Waals surface area contributed by atoms with Gasteiger partial charge >= 0.3 is 0 Å². The number of carbonyl (C=O) groups excluding carboxylic acids is 2. The first kappa shape index (κ1) is 13.0. The number of halogens is 1. The molecule has 0 bridgehead atoms. The van der Waals surface area contributed by atoms with Crippen LogP contribution in [0.2, 0.25) is 0 Å². The van der Waals surface area contributed by atoms with Crippen molar-refractivity contribution >= 4 is 44.2 Å². The number of hydrogen-bond donors (Lipinski definition) is 0. The van der Waals surface area contributed by atoms with Crippen LogP contribution in [0.25, 0.3) is 10.8 Å². The second-order valence-corrected chi connectivity index (χ2v) is 7.38. The first-order valence-electron chi connectivity index (χ1n) is 6.98. The Balaban J connectivity index is 1.77. The van der Waals surface area contributed by atoms with Crippen LogP contribution in [0.15, 0.2) is 40.9 Å². The van der Waals surface area contributed by atoms with Gasteiger partial charge in [-0.3, -0.25) is 9.59 Å². The van der Waals surface area contributed by atoms with Gasteiger partial charge < -0.3 is 0 Å². The minimum atomic E-state index is -0.160. The Bertz CT molecular complexity index is 788. The molecule has 1 saturated heterocycles. The van der Waals surface area contributed by atoms with Crippen molar-refractivity contribution in [1.29, 1.82) is 0 Å². The summed E-state index contributed by atoms with van der Waals surface area (Å²) in [7, 11) is 0. The first-order chi connectivity index (χ1) is 9.91. The summed E-state index contributed by atoms with van der Waals surface area (Å²) in [4.78, 5) is 26.3. The molecule has 4 rings (SSSR count). The molecule has 2 unspecified atom stereocenters. The van der Waals surface area contributed by atoms with E-state index in [2.05, 4.69) is 15.9 Å². The summed E-state index contributed by atoms with van der Waals surface area (Å²) in [5, 5.41) is 2.11. The van der Waals surface area contributed by atoms with Crippen LogP contribution in [0.5, 0.6) is 0 Å². The highest BCUT2D eigenvalue weighted by Crippen LogP contribution is 2.63. The molecule has 4 heteroatoms. The van der Waals surface area contributed by atoms with E-state index in [0.717, 1.165) is 15.2 Å². The minimum absolute atomic E-state index is 0.0496. The van der Waals surface area contributed by atoms with Gasteiger partial charge in [0.05, 0.1) is 17.5 Å². The number of anilines is 1. The van der Waals surface area contributed by atoms with Crippen molar-refractivity contribution in [1.82, 2.24) is 0 Å². The maximum atomic E-state index is 12.5. The summed E-state index contributed by atoms with van der Waals surface area (Å²) < 4.78 is 1.01. The van der Waals surface area contributed by atoms with Gasteiger partial charge in [-0.05, 0) is 40.5 Å². The molecule has 1 aliphatic heterocycles. The summed E-state index contributed by atoms with van der Waals surface area (Å²) >= 11 is 3.44. The zero-order valence-electron chi connectivity index (χ0n) is 11.8. The van der Waals surface area contributed by atoms with E-state index >= 15 is 0 Å². The molecule has 1 saturated carbocycles. The van der Waals surface area contributed by atoms with Gasteiger partial charge in [-0.1, -0.05) is 41.9 Å². The standard InChI is InChI=1S/C17H14BrNO2/c1-17(2)13-14(17)16(21)19(15(13)20)12-6-4-9-7-11(18)5-3-10(9)8-12/h3-8,13-14H,1-2H3. The number of carbonyl (C=O) groups is 2. The van der Waals surface area contributed by atoms with Crippen molar-refractivity contribution in [3.63, 3.8) is 0 Å². The molecule has 2 atom stereocenters. The van der Waals surface area contributed by atoms with Gasteiger partial charge in [0, 0.05) is 4.47 Å². The summed E-state index contributed by atoms with van der Waals surface area (Å²) in [6, 6.07) is 11.7. The second-order valence-electron chi connectivity index (χ2n) is 6.46. The third-order valence-corrected chi connectivity index (χ3v) is 5.34. The number of benzene rings is 2. The Labute approximate surface area is 131 Å². The molecule has 2 amide bonds. The van der Waals surface area contributed by atoms with Gasteiger partial charge in [-0.25, -0.2) is 4.90 Å². The molecule has 106 valence electrons. The smallest absolute Gasteiger partial charge is 0.238 e. The van der Waals surface area contributed by atoms with E-state index in [1.807, 2.05) is 50.2 Å². The fourth-order valence-electron chi connectivity index (χ4n) is 3.54. The second kappa shape index (κ2) is 3.95. The fraction of sp³-hybridized carbons (Fsp3) is 0.294. The molecule has 0 aromatic heterocycles. The molecule has 2 fully saturated rings. The predicted octanol–water partition coefficient (Wildman–Crippen LogP) is 3.75. The molecule has 0 N–H and O–H groups in total. The van der Waals surface area contributed by atoms with E-state index in [1.165, 1.54) is 4.90 Å². The van der Waals surface area contributed by atoms with E-state index in [0.29, 0.717) is 5.69 Å². The molecule has 1 heterocycles. The van der Waals surface area contributed by atoms with Crippen LogP contribution in [0, 0.1) is 17.3 Å². The largest absolute Gasteiger partial charge is 0.274 e. The van der Waals surface area contributed by atoms with Crippen molar-refractivity contribution in [2.75, 3.05) is 4.90 Å². The quantitative estimate of drug-likeness (QED) is 0.739. The lowest BCUT2D eigenvalue weighted by Crippen LogP contribution is -2.36. The normalized spacial score (nSPS) is 26.3. The summed E-state index contributed by atoms with van der Waals surface area (Å²) in [5.74, 6) is -0.367. The summed E-state index contributed by atoms with van der Waals surface area (Å²) in [5.41, 5.74) is 0.523. The number of imide groups is 1. The maximum absolute atomic E-state index is 12.5. The van der Waals surface area contributed by atoms with Gasteiger partial charge in [-0.2, -0.15) is 0 Å². The van der Waals surface area contributed by atoms with Crippen molar-refractivity contribution in [2.24, 2.45) is 17.3 Å². The summed E-state index contributed by atoms with van der Waals surface area (Å²) in [6.07, 6.45) is 0. The van der Waals surface area contributed by atoms with Gasteiger partial charge in [0.1, 0.15) is 0 Å². The minimum Gasteiger partial charge on any atom is -0.274 e.